The number of carbonyl (C=O) groups excluding carboxylic acids is 1. The molecule has 62 valence electrons. The molecule has 1 heterocycles. The van der Waals surface area contributed by atoms with Gasteiger partial charge in [-0.25, -0.2) is 0 Å². The van der Waals surface area contributed by atoms with Crippen LogP contribution in [-0.4, -0.2) is 17.9 Å². The molecule has 0 saturated carbocycles. The van der Waals surface area contributed by atoms with Gasteiger partial charge >= 0.3 is 0 Å². The Kier molecular flexibility index (Phi) is 3.58. The molecule has 1 aliphatic heterocycles. The van der Waals surface area contributed by atoms with Crippen molar-refractivity contribution >= 4 is 5.91 Å². The molecule has 0 aromatic rings. The highest BCUT2D eigenvalue weighted by atomic mass is 16.2. The zero-order valence-electron chi connectivity index (χ0n) is 7.48. The third-order valence-corrected chi connectivity index (χ3v) is 1.50. The third-order valence-electron chi connectivity index (χ3n) is 1.50. The van der Waals surface area contributed by atoms with Crippen molar-refractivity contribution < 1.29 is 4.79 Å². The lowest BCUT2D eigenvalue weighted by Gasteiger charge is -2.06. The van der Waals surface area contributed by atoms with E-state index in [4.69, 9.17) is 0 Å². The molecule has 0 aromatic heterocycles. The first kappa shape index (κ1) is 9.95. The molecule has 2 nitrogen and oxygen atoms in total. The Morgan fingerprint density at radius 3 is 1.91 bits per heavy atom. The topological polar surface area (TPSA) is 20.3 Å². The van der Waals surface area contributed by atoms with Gasteiger partial charge < -0.3 is 4.90 Å². The second-order valence-corrected chi connectivity index (χ2v) is 2.21. The summed E-state index contributed by atoms with van der Waals surface area (Å²) in [5.41, 5.74) is 1.48. The first-order chi connectivity index (χ1) is 5.13. The monoisotopic (exact) mass is 153 g/mol. The minimum absolute atomic E-state index is 0.000000000000000222. The van der Waals surface area contributed by atoms with Crippen LogP contribution in [0.25, 0.3) is 0 Å². The molecule has 0 spiro atoms. The molecule has 1 fully saturated rings. The van der Waals surface area contributed by atoms with Crippen molar-refractivity contribution in [1.82, 2.24) is 4.90 Å². The van der Waals surface area contributed by atoms with Crippen LogP contribution in [-0.2, 0) is 4.79 Å². The summed E-state index contributed by atoms with van der Waals surface area (Å²) in [7, 11) is 1.71. The molecule has 0 N–H and O–H groups in total. The minimum atomic E-state index is 0.000000000000000222. The molecule has 1 saturated heterocycles. The lowest BCUT2D eigenvalue weighted by atomic mass is 10.2. The molecular weight excluding hydrogens is 138 g/mol. The number of carbonyl (C=O) groups is 1. The van der Waals surface area contributed by atoms with Gasteiger partial charge in [0.25, 0.3) is 5.91 Å². The minimum Gasteiger partial charge on any atom is -0.316 e. The van der Waals surface area contributed by atoms with E-state index in [1.165, 1.54) is 4.90 Å². The van der Waals surface area contributed by atoms with Gasteiger partial charge in [0, 0.05) is 24.7 Å². The van der Waals surface area contributed by atoms with Gasteiger partial charge in [0.15, 0.2) is 0 Å². The summed E-state index contributed by atoms with van der Waals surface area (Å²) in [5.74, 6) is 0.000000000000000222. The molecule has 0 aromatic carbocycles. The number of rotatable bonds is 0. The first-order valence-corrected chi connectivity index (χ1v) is 3.76. The van der Waals surface area contributed by atoms with Gasteiger partial charge in [-0.05, 0) is 0 Å². The van der Waals surface area contributed by atoms with Crippen LogP contribution in [0.4, 0.5) is 0 Å². The normalized spacial score (nSPS) is 16.6. The maximum absolute atomic E-state index is 10.9. The summed E-state index contributed by atoms with van der Waals surface area (Å²) < 4.78 is 0. The molecule has 11 heavy (non-hydrogen) atoms. The summed E-state index contributed by atoms with van der Waals surface area (Å²) in [6.07, 6.45) is 0.634. The van der Waals surface area contributed by atoms with E-state index < -0.39 is 0 Å². The van der Waals surface area contributed by atoms with Crippen LogP contribution in [0.5, 0.6) is 0 Å². The van der Waals surface area contributed by atoms with Crippen molar-refractivity contribution in [3.63, 3.8) is 0 Å². The maximum atomic E-state index is 10.9. The van der Waals surface area contributed by atoms with E-state index >= 15 is 0 Å². The summed E-state index contributed by atoms with van der Waals surface area (Å²) in [4.78, 5) is 12.4. The van der Waals surface area contributed by atoms with Crippen LogP contribution in [0, 0.1) is 0 Å². The van der Waals surface area contributed by atoms with Gasteiger partial charge in [-0.3, -0.25) is 4.79 Å². The van der Waals surface area contributed by atoms with E-state index in [1.807, 2.05) is 13.8 Å². The SMILES string of the molecule is C=C1CC(=C)N(C)C1=O.CC. The van der Waals surface area contributed by atoms with Crippen molar-refractivity contribution in [2.45, 2.75) is 20.3 Å². The predicted octanol–water partition coefficient (Wildman–Crippen LogP) is 1.94. The molecule has 1 amide bonds. The van der Waals surface area contributed by atoms with Crippen LogP contribution >= 0.6 is 0 Å². The second kappa shape index (κ2) is 3.96. The van der Waals surface area contributed by atoms with E-state index in [-0.39, 0.29) is 5.91 Å². The van der Waals surface area contributed by atoms with Gasteiger partial charge in [0.2, 0.25) is 0 Å². The zero-order valence-corrected chi connectivity index (χ0v) is 7.48. The van der Waals surface area contributed by atoms with E-state index in [9.17, 15) is 4.79 Å². The zero-order chi connectivity index (χ0) is 9.02. The molecule has 0 aliphatic carbocycles. The van der Waals surface area contributed by atoms with Crippen molar-refractivity contribution in [3.05, 3.63) is 24.4 Å². The number of hydrogen-bond donors (Lipinski definition) is 0. The summed E-state index contributed by atoms with van der Waals surface area (Å²) >= 11 is 0. The first-order valence-electron chi connectivity index (χ1n) is 3.76. The van der Waals surface area contributed by atoms with Gasteiger partial charge in [0.1, 0.15) is 0 Å². The predicted molar refractivity (Wildman–Crippen MR) is 47.0 cm³/mol. The maximum Gasteiger partial charge on any atom is 0.253 e. The van der Waals surface area contributed by atoms with E-state index in [0.717, 1.165) is 5.70 Å². The molecule has 0 unspecified atom stereocenters. The number of allylic oxidation sites excluding steroid dienone is 1. The van der Waals surface area contributed by atoms with Crippen LogP contribution in [0.2, 0.25) is 0 Å². The van der Waals surface area contributed by atoms with Gasteiger partial charge in [-0.15, -0.1) is 0 Å². The largest absolute Gasteiger partial charge is 0.316 e. The lowest BCUT2D eigenvalue weighted by molar-refractivity contribution is -0.122. The second-order valence-electron chi connectivity index (χ2n) is 2.21. The average molecular weight is 153 g/mol. The number of likely N-dealkylation sites (N-methyl/N-ethyl adjacent to an activating group) is 1. The van der Waals surface area contributed by atoms with Crippen LogP contribution < -0.4 is 0 Å². The Labute approximate surface area is 68.2 Å². The Morgan fingerprint density at radius 2 is 1.82 bits per heavy atom. The summed E-state index contributed by atoms with van der Waals surface area (Å²) in [6, 6.07) is 0. The van der Waals surface area contributed by atoms with E-state index in [2.05, 4.69) is 13.2 Å². The summed E-state index contributed by atoms with van der Waals surface area (Å²) in [6.45, 7) is 11.3. The lowest BCUT2D eigenvalue weighted by Crippen LogP contribution is -2.16. The highest BCUT2D eigenvalue weighted by Gasteiger charge is 2.23. The Balaban J connectivity index is 0.000000461. The molecular formula is C9H15NO. The van der Waals surface area contributed by atoms with Crippen LogP contribution in [0.1, 0.15) is 20.3 Å². The van der Waals surface area contributed by atoms with Crippen molar-refractivity contribution in [1.29, 1.82) is 0 Å². The van der Waals surface area contributed by atoms with E-state index in [1.54, 1.807) is 7.05 Å². The molecule has 1 aliphatic rings. The van der Waals surface area contributed by atoms with Gasteiger partial charge in [-0.2, -0.15) is 0 Å². The molecule has 1 rings (SSSR count). The van der Waals surface area contributed by atoms with Crippen LogP contribution in [0.3, 0.4) is 0 Å². The number of likely N-dealkylation sites (tertiary alicyclic amines) is 1. The molecule has 0 radical (unpaired) electrons. The van der Waals surface area contributed by atoms with Gasteiger partial charge in [-0.1, -0.05) is 27.0 Å². The average Bonchev–Trinajstić information content (AvgIpc) is 2.22. The standard InChI is InChI=1S/C7H9NO.C2H6/c1-5-4-6(2)8(3)7(5)9;1-2/h1-2,4H2,3H3;1-2H3. The van der Waals surface area contributed by atoms with Crippen molar-refractivity contribution in [2.75, 3.05) is 7.05 Å². The number of nitrogens with zero attached hydrogens (tertiary/aromatic N) is 1. The fourth-order valence-electron chi connectivity index (χ4n) is 0.821. The Hall–Kier alpha value is -1.05. The smallest absolute Gasteiger partial charge is 0.253 e. The molecule has 2 heteroatoms. The Bertz CT molecular complexity index is 194. The summed E-state index contributed by atoms with van der Waals surface area (Å²) in [5, 5.41) is 0. The quantitative estimate of drug-likeness (QED) is 0.487. The fraction of sp³-hybridized carbons (Fsp3) is 0.444. The fourth-order valence-corrected chi connectivity index (χ4v) is 0.821. The number of hydrogen-bond acceptors (Lipinski definition) is 1. The van der Waals surface area contributed by atoms with E-state index in [0.29, 0.717) is 12.0 Å². The van der Waals surface area contributed by atoms with Gasteiger partial charge in [0.05, 0.1) is 0 Å². The molecule has 0 bridgehead atoms. The third kappa shape index (κ3) is 1.93. The highest BCUT2D eigenvalue weighted by Crippen LogP contribution is 2.21. The van der Waals surface area contributed by atoms with Crippen molar-refractivity contribution in [2.24, 2.45) is 0 Å². The van der Waals surface area contributed by atoms with Crippen molar-refractivity contribution in [3.8, 4) is 0 Å². The van der Waals surface area contributed by atoms with Crippen LogP contribution in [0.15, 0.2) is 24.4 Å². The Morgan fingerprint density at radius 1 is 1.36 bits per heavy atom. The molecule has 0 atom stereocenters. The number of amides is 1. The highest BCUT2D eigenvalue weighted by molar-refractivity contribution is 5.97.